The van der Waals surface area contributed by atoms with Gasteiger partial charge in [0, 0.05) is 6.20 Å². The molecule has 0 fully saturated rings. The molecule has 2 heterocycles. The van der Waals surface area contributed by atoms with Gasteiger partial charge < -0.3 is 10.4 Å². The van der Waals surface area contributed by atoms with E-state index < -0.39 is 11.9 Å². The number of pyridine rings is 1. The average molecular weight is 316 g/mol. The third kappa shape index (κ3) is 3.43. The topological polar surface area (TPSA) is 110 Å². The molecule has 2 rings (SSSR count). The van der Waals surface area contributed by atoms with Gasteiger partial charge in [-0.05, 0) is 6.07 Å². The van der Waals surface area contributed by atoms with Crippen molar-refractivity contribution in [1.82, 2.24) is 20.0 Å². The van der Waals surface area contributed by atoms with Crippen LogP contribution < -0.4 is 5.32 Å². The number of rotatable bonds is 4. The second-order valence-electron chi connectivity index (χ2n) is 3.64. The van der Waals surface area contributed by atoms with E-state index in [-0.39, 0.29) is 23.1 Å². The van der Waals surface area contributed by atoms with E-state index in [1.54, 1.807) is 0 Å². The zero-order chi connectivity index (χ0) is 14.7. The number of nitrogens with zero attached hydrogens (tertiary/aromatic N) is 4. The molecule has 0 unspecified atom stereocenters. The molecule has 0 bridgehead atoms. The molecule has 0 aliphatic carbocycles. The van der Waals surface area contributed by atoms with Crippen LogP contribution in [-0.4, -0.2) is 37.0 Å². The Morgan fingerprint density at radius 2 is 2.15 bits per heavy atom. The largest absolute Gasteiger partial charge is 0.476 e. The van der Waals surface area contributed by atoms with E-state index >= 15 is 0 Å². The van der Waals surface area contributed by atoms with Gasteiger partial charge in [0.25, 0.3) is 0 Å². The SMILES string of the molecule is O=C(Cn1cc(C(=O)O)nn1)Nc1ncc(Cl)cc1Cl. The first kappa shape index (κ1) is 14.2. The van der Waals surface area contributed by atoms with Gasteiger partial charge in [-0.3, -0.25) is 4.79 Å². The minimum absolute atomic E-state index is 0.152. The van der Waals surface area contributed by atoms with Gasteiger partial charge in [-0.15, -0.1) is 5.10 Å². The molecule has 0 saturated heterocycles. The summed E-state index contributed by atoms with van der Waals surface area (Å²) >= 11 is 11.5. The molecular formula is C10H7Cl2N5O3. The predicted molar refractivity (Wildman–Crippen MR) is 69.9 cm³/mol. The second kappa shape index (κ2) is 5.85. The smallest absolute Gasteiger partial charge is 0.358 e. The summed E-state index contributed by atoms with van der Waals surface area (Å²) in [7, 11) is 0. The number of hydrogen-bond acceptors (Lipinski definition) is 5. The van der Waals surface area contributed by atoms with Gasteiger partial charge in [0.15, 0.2) is 11.5 Å². The summed E-state index contributed by atoms with van der Waals surface area (Å²) in [6.45, 7) is -0.221. The normalized spacial score (nSPS) is 10.3. The van der Waals surface area contributed by atoms with Gasteiger partial charge in [0.05, 0.1) is 16.2 Å². The lowest BCUT2D eigenvalue weighted by Crippen LogP contribution is -2.20. The van der Waals surface area contributed by atoms with E-state index in [0.29, 0.717) is 5.02 Å². The molecule has 10 heteroatoms. The molecule has 8 nitrogen and oxygen atoms in total. The van der Waals surface area contributed by atoms with Crippen molar-refractivity contribution in [1.29, 1.82) is 0 Å². The standard InChI is InChI=1S/C10H7Cl2N5O3/c11-5-1-6(12)9(13-2-5)14-8(18)4-17-3-7(10(19)20)15-16-17/h1-3H,4H2,(H,19,20)(H,13,14,18). The molecule has 0 atom stereocenters. The maximum atomic E-state index is 11.7. The van der Waals surface area contributed by atoms with Crippen LogP contribution in [0.15, 0.2) is 18.5 Å². The van der Waals surface area contributed by atoms with Gasteiger partial charge in [-0.1, -0.05) is 28.4 Å². The van der Waals surface area contributed by atoms with Crippen LogP contribution in [0.1, 0.15) is 10.5 Å². The molecule has 0 saturated carbocycles. The number of hydrogen-bond donors (Lipinski definition) is 2. The number of aromatic nitrogens is 4. The van der Waals surface area contributed by atoms with E-state index in [0.717, 1.165) is 10.9 Å². The van der Waals surface area contributed by atoms with Crippen LogP contribution in [0.25, 0.3) is 0 Å². The Bertz CT molecular complexity index is 673. The Morgan fingerprint density at radius 1 is 1.40 bits per heavy atom. The summed E-state index contributed by atoms with van der Waals surface area (Å²) in [5.74, 6) is -1.55. The number of anilines is 1. The van der Waals surface area contributed by atoms with Gasteiger partial charge >= 0.3 is 5.97 Å². The van der Waals surface area contributed by atoms with E-state index in [1.165, 1.54) is 12.3 Å². The van der Waals surface area contributed by atoms with E-state index in [1.807, 2.05) is 0 Å². The zero-order valence-electron chi connectivity index (χ0n) is 9.75. The third-order valence-corrected chi connectivity index (χ3v) is 2.62. The first-order chi connectivity index (χ1) is 9.45. The number of carbonyl (C=O) groups is 2. The van der Waals surface area contributed by atoms with Gasteiger partial charge in [0.1, 0.15) is 6.54 Å². The highest BCUT2D eigenvalue weighted by Crippen LogP contribution is 2.22. The fourth-order valence-electron chi connectivity index (χ4n) is 1.30. The van der Waals surface area contributed by atoms with Crippen LogP contribution >= 0.6 is 23.2 Å². The van der Waals surface area contributed by atoms with Crippen molar-refractivity contribution in [3.05, 3.63) is 34.2 Å². The number of aromatic carboxylic acids is 1. The monoisotopic (exact) mass is 315 g/mol. The Hall–Kier alpha value is -2.19. The van der Waals surface area contributed by atoms with Crippen LogP contribution in [0.4, 0.5) is 5.82 Å². The molecule has 20 heavy (non-hydrogen) atoms. The molecular weight excluding hydrogens is 309 g/mol. The van der Waals surface area contributed by atoms with Crippen molar-refractivity contribution < 1.29 is 14.7 Å². The van der Waals surface area contributed by atoms with Crippen LogP contribution in [-0.2, 0) is 11.3 Å². The molecule has 2 N–H and O–H groups in total. The van der Waals surface area contributed by atoms with Crippen molar-refractivity contribution >= 4 is 40.9 Å². The Labute approximate surface area is 122 Å². The lowest BCUT2D eigenvalue weighted by molar-refractivity contribution is -0.117. The molecule has 1 amide bonds. The summed E-state index contributed by atoms with van der Waals surface area (Å²) < 4.78 is 1.09. The minimum Gasteiger partial charge on any atom is -0.476 e. The maximum Gasteiger partial charge on any atom is 0.358 e. The highest BCUT2D eigenvalue weighted by molar-refractivity contribution is 6.36. The Balaban J connectivity index is 2.03. The van der Waals surface area contributed by atoms with Crippen LogP contribution in [0.3, 0.4) is 0 Å². The Kier molecular flexibility index (Phi) is 4.16. The van der Waals surface area contributed by atoms with Crippen molar-refractivity contribution in [2.45, 2.75) is 6.54 Å². The number of nitrogens with one attached hydrogen (secondary N) is 1. The van der Waals surface area contributed by atoms with Crippen LogP contribution in [0, 0.1) is 0 Å². The van der Waals surface area contributed by atoms with Gasteiger partial charge in [0.2, 0.25) is 5.91 Å². The predicted octanol–water partition coefficient (Wildman–Crippen LogP) is 1.32. The lowest BCUT2D eigenvalue weighted by Gasteiger charge is -2.05. The van der Waals surface area contributed by atoms with Gasteiger partial charge in [-0.25, -0.2) is 14.5 Å². The lowest BCUT2D eigenvalue weighted by atomic mass is 10.4. The molecule has 0 spiro atoms. The van der Waals surface area contributed by atoms with E-state index in [4.69, 9.17) is 28.3 Å². The highest BCUT2D eigenvalue weighted by atomic mass is 35.5. The average Bonchev–Trinajstić information content (AvgIpc) is 2.81. The first-order valence-electron chi connectivity index (χ1n) is 5.20. The summed E-state index contributed by atoms with van der Waals surface area (Å²) in [5, 5.41) is 18.5. The maximum absolute atomic E-state index is 11.7. The fourth-order valence-corrected chi connectivity index (χ4v) is 1.73. The van der Waals surface area contributed by atoms with Crippen molar-refractivity contribution in [2.75, 3.05) is 5.32 Å². The van der Waals surface area contributed by atoms with Crippen LogP contribution in [0.2, 0.25) is 10.0 Å². The molecule has 0 aromatic carbocycles. The van der Waals surface area contributed by atoms with Crippen molar-refractivity contribution in [3.63, 3.8) is 0 Å². The number of carboxylic acid groups (broad SMARTS) is 1. The third-order valence-electron chi connectivity index (χ3n) is 2.13. The van der Waals surface area contributed by atoms with Crippen molar-refractivity contribution in [2.24, 2.45) is 0 Å². The molecule has 0 radical (unpaired) electrons. The van der Waals surface area contributed by atoms with Crippen LogP contribution in [0.5, 0.6) is 0 Å². The molecule has 2 aromatic rings. The summed E-state index contributed by atoms with van der Waals surface area (Å²) in [4.78, 5) is 26.2. The molecule has 0 aliphatic heterocycles. The number of carbonyl (C=O) groups excluding carboxylic acids is 1. The quantitative estimate of drug-likeness (QED) is 0.880. The number of amides is 1. The van der Waals surface area contributed by atoms with E-state index in [2.05, 4.69) is 20.6 Å². The number of carboxylic acids is 1. The zero-order valence-corrected chi connectivity index (χ0v) is 11.3. The molecule has 104 valence electrons. The van der Waals surface area contributed by atoms with Gasteiger partial charge in [-0.2, -0.15) is 0 Å². The minimum atomic E-state index is -1.22. The van der Waals surface area contributed by atoms with Crippen molar-refractivity contribution in [3.8, 4) is 0 Å². The fraction of sp³-hybridized carbons (Fsp3) is 0.100. The summed E-state index contributed by atoms with van der Waals surface area (Å²) in [6.07, 6.45) is 2.47. The number of halogens is 2. The molecule has 2 aromatic heterocycles. The second-order valence-corrected chi connectivity index (χ2v) is 4.48. The molecule has 0 aliphatic rings. The summed E-state index contributed by atoms with van der Waals surface area (Å²) in [6, 6.07) is 1.43. The first-order valence-corrected chi connectivity index (χ1v) is 5.95. The summed E-state index contributed by atoms with van der Waals surface area (Å²) in [5.41, 5.74) is -0.250. The Morgan fingerprint density at radius 3 is 2.75 bits per heavy atom. The highest BCUT2D eigenvalue weighted by Gasteiger charge is 2.12. The van der Waals surface area contributed by atoms with E-state index in [9.17, 15) is 9.59 Å².